The van der Waals surface area contributed by atoms with Gasteiger partial charge in [0.15, 0.2) is 0 Å². The number of hydrogen-bond donors (Lipinski definition) is 2. The molecule has 0 saturated heterocycles. The lowest BCUT2D eigenvalue weighted by Gasteiger charge is -2.19. The van der Waals surface area contributed by atoms with E-state index in [0.29, 0.717) is 11.4 Å². The summed E-state index contributed by atoms with van der Waals surface area (Å²) in [6.45, 7) is 6.72. The molecule has 2 aromatic carbocycles. The van der Waals surface area contributed by atoms with Crippen LogP contribution < -0.4 is 14.8 Å². The second-order valence-corrected chi connectivity index (χ2v) is 9.12. The van der Waals surface area contributed by atoms with Crippen LogP contribution in [0.2, 0.25) is 0 Å². The van der Waals surface area contributed by atoms with Crippen molar-refractivity contribution in [1.29, 1.82) is 0 Å². The largest absolute Gasteiger partial charge is 0.493 e. The first-order valence-corrected chi connectivity index (χ1v) is 10.5. The van der Waals surface area contributed by atoms with Gasteiger partial charge in [0.1, 0.15) is 5.75 Å². The van der Waals surface area contributed by atoms with E-state index in [4.69, 9.17) is 4.74 Å². The molecule has 0 heterocycles. The topological polar surface area (TPSA) is 84.5 Å². The van der Waals surface area contributed by atoms with Crippen molar-refractivity contribution < 1.29 is 17.9 Å². The maximum absolute atomic E-state index is 12.0. The molecule has 0 atom stereocenters. The Morgan fingerprint density at radius 2 is 1.52 bits per heavy atom. The Balaban J connectivity index is 1.79. The van der Waals surface area contributed by atoms with Crippen molar-refractivity contribution in [3.8, 4) is 5.75 Å². The third-order valence-electron chi connectivity index (χ3n) is 3.79. The van der Waals surface area contributed by atoms with Crippen molar-refractivity contribution in [2.75, 3.05) is 22.9 Å². The van der Waals surface area contributed by atoms with Gasteiger partial charge in [0.25, 0.3) is 0 Å². The Kier molecular flexibility index (Phi) is 6.49. The standard InChI is InChI=1S/C20H26N2O4S/c1-20(2,3)15-5-11-18(12-6-15)26-14-13-19(23)21-16-7-9-17(10-8-16)22-27(4,24)25/h5-12,22H,13-14H2,1-4H3,(H,21,23). The summed E-state index contributed by atoms with van der Waals surface area (Å²) in [6.07, 6.45) is 1.30. The highest BCUT2D eigenvalue weighted by Gasteiger charge is 2.13. The fourth-order valence-electron chi connectivity index (χ4n) is 2.37. The molecule has 27 heavy (non-hydrogen) atoms. The monoisotopic (exact) mass is 390 g/mol. The predicted octanol–water partition coefficient (Wildman–Crippen LogP) is 3.76. The fourth-order valence-corrected chi connectivity index (χ4v) is 2.94. The number of carbonyl (C=O) groups excluding carboxylic acids is 1. The summed E-state index contributed by atoms with van der Waals surface area (Å²) in [4.78, 5) is 12.0. The second-order valence-electron chi connectivity index (χ2n) is 7.37. The van der Waals surface area contributed by atoms with Gasteiger partial charge in [-0.2, -0.15) is 0 Å². The molecule has 0 bridgehead atoms. The maximum atomic E-state index is 12.0. The minimum Gasteiger partial charge on any atom is -0.493 e. The molecule has 0 fully saturated rings. The number of ether oxygens (including phenoxy) is 1. The van der Waals surface area contributed by atoms with E-state index in [1.54, 1.807) is 24.3 Å². The highest BCUT2D eigenvalue weighted by atomic mass is 32.2. The first-order chi connectivity index (χ1) is 12.5. The molecule has 2 rings (SSSR count). The van der Waals surface area contributed by atoms with Gasteiger partial charge in [0.05, 0.1) is 19.3 Å². The number of anilines is 2. The van der Waals surface area contributed by atoms with Gasteiger partial charge in [0.2, 0.25) is 15.9 Å². The molecular formula is C20H26N2O4S. The molecule has 2 N–H and O–H groups in total. The second kappa shape index (κ2) is 8.43. The zero-order chi connectivity index (χ0) is 20.1. The van der Waals surface area contributed by atoms with Crippen LogP contribution >= 0.6 is 0 Å². The number of nitrogens with one attached hydrogen (secondary N) is 2. The molecule has 146 valence electrons. The lowest BCUT2D eigenvalue weighted by molar-refractivity contribution is -0.116. The summed E-state index contributed by atoms with van der Waals surface area (Å²) in [5, 5.41) is 2.75. The van der Waals surface area contributed by atoms with E-state index in [9.17, 15) is 13.2 Å². The average molecular weight is 391 g/mol. The number of amides is 1. The summed E-state index contributed by atoms with van der Waals surface area (Å²) in [5.41, 5.74) is 2.35. The lowest BCUT2D eigenvalue weighted by atomic mass is 9.87. The van der Waals surface area contributed by atoms with E-state index in [1.165, 1.54) is 5.56 Å². The third kappa shape index (κ3) is 7.30. The molecule has 0 saturated carbocycles. The van der Waals surface area contributed by atoms with Crippen molar-refractivity contribution in [3.63, 3.8) is 0 Å². The fraction of sp³-hybridized carbons (Fsp3) is 0.350. The van der Waals surface area contributed by atoms with Crippen LogP contribution in [-0.4, -0.2) is 27.2 Å². The van der Waals surface area contributed by atoms with E-state index in [1.807, 2.05) is 24.3 Å². The minimum atomic E-state index is -3.32. The molecule has 0 aliphatic heterocycles. The van der Waals surface area contributed by atoms with Crippen molar-refractivity contribution in [2.24, 2.45) is 0 Å². The molecule has 0 radical (unpaired) electrons. The Morgan fingerprint density at radius 3 is 2.04 bits per heavy atom. The van der Waals surface area contributed by atoms with E-state index in [2.05, 4.69) is 30.8 Å². The van der Waals surface area contributed by atoms with Crippen LogP contribution in [-0.2, 0) is 20.2 Å². The molecule has 0 aliphatic rings. The van der Waals surface area contributed by atoms with Crippen LogP contribution in [0.25, 0.3) is 0 Å². The first-order valence-electron chi connectivity index (χ1n) is 8.64. The maximum Gasteiger partial charge on any atom is 0.229 e. The number of hydrogen-bond acceptors (Lipinski definition) is 4. The van der Waals surface area contributed by atoms with Crippen LogP contribution in [0.5, 0.6) is 5.75 Å². The van der Waals surface area contributed by atoms with E-state index >= 15 is 0 Å². The van der Waals surface area contributed by atoms with Gasteiger partial charge < -0.3 is 10.1 Å². The van der Waals surface area contributed by atoms with Gasteiger partial charge in [0, 0.05) is 11.4 Å². The SMILES string of the molecule is CC(C)(C)c1ccc(OCCC(=O)Nc2ccc(NS(C)(=O)=O)cc2)cc1. The van der Waals surface area contributed by atoms with Crippen molar-refractivity contribution in [2.45, 2.75) is 32.6 Å². The van der Waals surface area contributed by atoms with E-state index in [0.717, 1.165) is 12.0 Å². The Labute approximate surface area is 161 Å². The number of sulfonamides is 1. The number of rotatable bonds is 7. The predicted molar refractivity (Wildman–Crippen MR) is 109 cm³/mol. The van der Waals surface area contributed by atoms with Crippen molar-refractivity contribution >= 4 is 27.3 Å². The van der Waals surface area contributed by atoms with Gasteiger partial charge in [-0.3, -0.25) is 9.52 Å². The molecule has 0 aromatic heterocycles. The molecule has 0 unspecified atom stereocenters. The molecule has 2 aromatic rings. The van der Waals surface area contributed by atoms with E-state index in [-0.39, 0.29) is 24.3 Å². The molecule has 1 amide bonds. The van der Waals surface area contributed by atoms with Gasteiger partial charge in [-0.1, -0.05) is 32.9 Å². The summed E-state index contributed by atoms with van der Waals surface area (Å²) in [6, 6.07) is 14.3. The molecule has 0 aliphatic carbocycles. The van der Waals surface area contributed by atoms with Crippen LogP contribution in [0, 0.1) is 0 Å². The van der Waals surface area contributed by atoms with E-state index < -0.39 is 10.0 Å². The Morgan fingerprint density at radius 1 is 0.963 bits per heavy atom. The number of carbonyl (C=O) groups is 1. The van der Waals surface area contributed by atoms with Gasteiger partial charge in [-0.25, -0.2) is 8.42 Å². The normalized spacial score (nSPS) is 11.7. The quantitative estimate of drug-likeness (QED) is 0.754. The Bertz CT molecular complexity index is 868. The lowest BCUT2D eigenvalue weighted by Crippen LogP contribution is -2.15. The third-order valence-corrected chi connectivity index (χ3v) is 4.40. The highest BCUT2D eigenvalue weighted by molar-refractivity contribution is 7.92. The summed E-state index contributed by atoms with van der Waals surface area (Å²) >= 11 is 0. The van der Waals surface area contributed by atoms with Gasteiger partial charge >= 0.3 is 0 Å². The van der Waals surface area contributed by atoms with Crippen molar-refractivity contribution in [1.82, 2.24) is 0 Å². The molecule has 6 nitrogen and oxygen atoms in total. The first kappa shape index (κ1) is 20.8. The Hall–Kier alpha value is -2.54. The molecule has 0 spiro atoms. The van der Waals surface area contributed by atoms with Crippen molar-refractivity contribution in [3.05, 3.63) is 54.1 Å². The highest BCUT2D eigenvalue weighted by Crippen LogP contribution is 2.24. The van der Waals surface area contributed by atoms with Crippen LogP contribution in [0.15, 0.2) is 48.5 Å². The number of benzene rings is 2. The summed E-state index contributed by atoms with van der Waals surface area (Å²) in [7, 11) is -3.32. The van der Waals surface area contributed by atoms with Crippen LogP contribution in [0.3, 0.4) is 0 Å². The summed E-state index contributed by atoms with van der Waals surface area (Å²) in [5.74, 6) is 0.553. The minimum absolute atomic E-state index is 0.0881. The average Bonchev–Trinajstić information content (AvgIpc) is 2.55. The zero-order valence-electron chi connectivity index (χ0n) is 16.1. The zero-order valence-corrected chi connectivity index (χ0v) is 16.9. The van der Waals surface area contributed by atoms with Gasteiger partial charge in [-0.15, -0.1) is 0 Å². The molecule has 7 heteroatoms. The smallest absolute Gasteiger partial charge is 0.229 e. The van der Waals surface area contributed by atoms with Gasteiger partial charge in [-0.05, 0) is 47.4 Å². The van der Waals surface area contributed by atoms with Crippen LogP contribution in [0.1, 0.15) is 32.8 Å². The van der Waals surface area contributed by atoms with Crippen LogP contribution in [0.4, 0.5) is 11.4 Å². The summed E-state index contributed by atoms with van der Waals surface area (Å²) < 4.78 is 30.3. The molecular weight excluding hydrogens is 364 g/mol.